The number of carbonyl (C=O) groups excluding carboxylic acids is 1. The average molecular weight is 200 g/mol. The van der Waals surface area contributed by atoms with E-state index in [1.165, 1.54) is 11.9 Å². The topological polar surface area (TPSA) is 73.6 Å². The van der Waals surface area contributed by atoms with Crippen LogP contribution in [0.15, 0.2) is 0 Å². The zero-order valence-corrected chi connectivity index (χ0v) is 8.94. The van der Waals surface area contributed by atoms with E-state index in [4.69, 9.17) is 15.1 Å². The van der Waals surface area contributed by atoms with E-state index in [0.29, 0.717) is 0 Å². The van der Waals surface area contributed by atoms with Gasteiger partial charge in [0.2, 0.25) is 0 Å². The standard InChI is InChI=1S/C9H16N2O3/c1-9(2,3)14-8(13)11(4)6-7(12)5-10/h7,12H,6H2,1-4H3. The SMILES string of the molecule is CN(CC(O)C#N)C(=O)OC(C)(C)C. The first-order valence-electron chi connectivity index (χ1n) is 4.28. The minimum Gasteiger partial charge on any atom is -0.444 e. The van der Waals surface area contributed by atoms with Crippen LogP contribution >= 0.6 is 0 Å². The monoisotopic (exact) mass is 200 g/mol. The number of hydrogen-bond acceptors (Lipinski definition) is 4. The van der Waals surface area contributed by atoms with Crippen molar-refractivity contribution in [2.24, 2.45) is 0 Å². The maximum atomic E-state index is 11.3. The van der Waals surface area contributed by atoms with Crippen LogP contribution in [0.25, 0.3) is 0 Å². The number of nitriles is 1. The molecule has 0 aliphatic heterocycles. The predicted octanol–water partition coefficient (Wildman–Crippen LogP) is 0.738. The van der Waals surface area contributed by atoms with Crippen LogP contribution in [-0.4, -0.2) is 41.4 Å². The molecule has 1 N–H and O–H groups in total. The molecular formula is C9H16N2O3. The highest BCUT2D eigenvalue weighted by Crippen LogP contribution is 2.09. The number of hydrogen-bond donors (Lipinski definition) is 1. The van der Waals surface area contributed by atoms with Gasteiger partial charge in [-0.2, -0.15) is 5.26 Å². The van der Waals surface area contributed by atoms with Crippen LogP contribution in [-0.2, 0) is 4.74 Å². The van der Waals surface area contributed by atoms with Gasteiger partial charge in [-0.25, -0.2) is 4.79 Å². The first-order valence-corrected chi connectivity index (χ1v) is 4.28. The Morgan fingerprint density at radius 2 is 2.14 bits per heavy atom. The summed E-state index contributed by atoms with van der Waals surface area (Å²) in [5, 5.41) is 17.3. The molecule has 0 aliphatic carbocycles. The Morgan fingerprint density at radius 3 is 2.50 bits per heavy atom. The van der Waals surface area contributed by atoms with Crippen molar-refractivity contribution in [3.63, 3.8) is 0 Å². The van der Waals surface area contributed by atoms with E-state index in [1.54, 1.807) is 26.8 Å². The Bertz CT molecular complexity index is 239. The van der Waals surface area contributed by atoms with Gasteiger partial charge in [0.25, 0.3) is 0 Å². The van der Waals surface area contributed by atoms with E-state index in [-0.39, 0.29) is 6.54 Å². The van der Waals surface area contributed by atoms with E-state index in [0.717, 1.165) is 0 Å². The molecule has 0 fully saturated rings. The lowest BCUT2D eigenvalue weighted by molar-refractivity contribution is 0.0243. The number of aliphatic hydroxyl groups is 1. The first-order chi connectivity index (χ1) is 6.26. The fourth-order valence-electron chi connectivity index (χ4n) is 0.715. The van der Waals surface area contributed by atoms with Gasteiger partial charge < -0.3 is 14.7 Å². The second kappa shape index (κ2) is 4.82. The van der Waals surface area contributed by atoms with Crippen LogP contribution in [0.2, 0.25) is 0 Å². The lowest BCUT2D eigenvalue weighted by atomic mass is 10.2. The molecule has 0 aromatic rings. The van der Waals surface area contributed by atoms with Crippen molar-refractivity contribution < 1.29 is 14.6 Å². The zero-order valence-electron chi connectivity index (χ0n) is 8.94. The van der Waals surface area contributed by atoms with Gasteiger partial charge in [0.15, 0.2) is 6.10 Å². The lowest BCUT2D eigenvalue weighted by Crippen LogP contribution is -2.38. The van der Waals surface area contributed by atoms with Gasteiger partial charge >= 0.3 is 6.09 Å². The maximum absolute atomic E-state index is 11.3. The molecule has 0 spiro atoms. The molecule has 1 unspecified atom stereocenters. The Balaban J connectivity index is 4.08. The number of aliphatic hydroxyl groups excluding tert-OH is 1. The normalized spacial score (nSPS) is 12.9. The summed E-state index contributed by atoms with van der Waals surface area (Å²) < 4.78 is 5.01. The molecule has 0 aromatic carbocycles. The number of ether oxygens (including phenoxy) is 1. The molecule has 0 saturated heterocycles. The lowest BCUT2D eigenvalue weighted by Gasteiger charge is -2.24. The van der Waals surface area contributed by atoms with E-state index in [9.17, 15) is 4.79 Å². The van der Waals surface area contributed by atoms with Crippen molar-refractivity contribution in [3.05, 3.63) is 0 Å². The van der Waals surface area contributed by atoms with Gasteiger partial charge in [0.05, 0.1) is 12.6 Å². The van der Waals surface area contributed by atoms with Crippen LogP contribution in [0.4, 0.5) is 4.79 Å². The summed E-state index contributed by atoms with van der Waals surface area (Å²) in [5.41, 5.74) is -0.567. The zero-order chi connectivity index (χ0) is 11.4. The molecule has 5 nitrogen and oxygen atoms in total. The summed E-state index contributed by atoms with van der Waals surface area (Å²) in [6.07, 6.45) is -1.72. The minimum absolute atomic E-state index is 0.0502. The van der Waals surface area contributed by atoms with Crippen LogP contribution in [0.5, 0.6) is 0 Å². The highest BCUT2D eigenvalue weighted by atomic mass is 16.6. The average Bonchev–Trinajstić information content (AvgIpc) is 2.00. The van der Waals surface area contributed by atoms with E-state index in [2.05, 4.69) is 0 Å². The molecule has 5 heteroatoms. The molecule has 0 radical (unpaired) electrons. The summed E-state index contributed by atoms with van der Waals surface area (Å²) in [4.78, 5) is 12.5. The third-order valence-electron chi connectivity index (χ3n) is 1.30. The Morgan fingerprint density at radius 1 is 1.64 bits per heavy atom. The molecule has 1 amide bonds. The van der Waals surface area contributed by atoms with Crippen molar-refractivity contribution in [2.75, 3.05) is 13.6 Å². The molecule has 0 rings (SSSR count). The second-order valence-electron chi connectivity index (χ2n) is 4.01. The van der Waals surface area contributed by atoms with Crippen LogP contribution in [0, 0.1) is 11.3 Å². The Hall–Kier alpha value is -1.28. The van der Waals surface area contributed by atoms with Crippen LogP contribution < -0.4 is 0 Å². The van der Waals surface area contributed by atoms with Crippen LogP contribution in [0.3, 0.4) is 0 Å². The number of carbonyl (C=O) groups is 1. The fourth-order valence-corrected chi connectivity index (χ4v) is 0.715. The maximum Gasteiger partial charge on any atom is 0.410 e. The molecule has 0 aliphatic rings. The summed E-state index contributed by atoms with van der Waals surface area (Å²) in [6.45, 7) is 5.20. The predicted molar refractivity (Wildman–Crippen MR) is 50.5 cm³/mol. The van der Waals surface area contributed by atoms with Crippen molar-refractivity contribution in [1.82, 2.24) is 4.90 Å². The molecule has 0 aromatic heterocycles. The van der Waals surface area contributed by atoms with Crippen molar-refractivity contribution in [2.45, 2.75) is 32.5 Å². The molecular weight excluding hydrogens is 184 g/mol. The summed E-state index contributed by atoms with van der Waals surface area (Å²) in [7, 11) is 1.47. The molecule has 1 atom stereocenters. The molecule has 0 bridgehead atoms. The van der Waals surface area contributed by atoms with Gasteiger partial charge in [-0.05, 0) is 20.8 Å². The number of likely N-dealkylation sites (N-methyl/N-ethyl adjacent to an activating group) is 1. The summed E-state index contributed by atoms with van der Waals surface area (Å²) >= 11 is 0. The summed E-state index contributed by atoms with van der Waals surface area (Å²) in [6, 6.07) is 1.62. The smallest absolute Gasteiger partial charge is 0.410 e. The number of amides is 1. The van der Waals surface area contributed by atoms with Crippen molar-refractivity contribution in [1.29, 1.82) is 5.26 Å². The van der Waals surface area contributed by atoms with E-state index < -0.39 is 17.8 Å². The largest absolute Gasteiger partial charge is 0.444 e. The third kappa shape index (κ3) is 5.38. The van der Waals surface area contributed by atoms with Gasteiger partial charge in [-0.1, -0.05) is 0 Å². The molecule has 80 valence electrons. The van der Waals surface area contributed by atoms with Crippen molar-refractivity contribution in [3.8, 4) is 6.07 Å². The minimum atomic E-state index is -1.17. The quantitative estimate of drug-likeness (QED) is 0.667. The van der Waals surface area contributed by atoms with E-state index in [1.807, 2.05) is 0 Å². The number of nitrogens with zero attached hydrogens (tertiary/aromatic N) is 2. The van der Waals surface area contributed by atoms with E-state index >= 15 is 0 Å². The summed E-state index contributed by atoms with van der Waals surface area (Å²) in [5.74, 6) is 0. The Kier molecular flexibility index (Phi) is 4.38. The Labute approximate surface area is 83.9 Å². The van der Waals surface area contributed by atoms with Crippen molar-refractivity contribution >= 4 is 6.09 Å². The number of rotatable bonds is 2. The first kappa shape index (κ1) is 12.7. The van der Waals surface area contributed by atoms with Crippen LogP contribution in [0.1, 0.15) is 20.8 Å². The fraction of sp³-hybridized carbons (Fsp3) is 0.778. The van der Waals surface area contributed by atoms with Gasteiger partial charge in [0, 0.05) is 7.05 Å². The van der Waals surface area contributed by atoms with Gasteiger partial charge in [0.1, 0.15) is 5.60 Å². The van der Waals surface area contributed by atoms with Gasteiger partial charge in [-0.15, -0.1) is 0 Å². The highest BCUT2D eigenvalue weighted by molar-refractivity contribution is 5.67. The molecule has 0 heterocycles. The second-order valence-corrected chi connectivity index (χ2v) is 4.01. The van der Waals surface area contributed by atoms with Gasteiger partial charge in [-0.3, -0.25) is 0 Å². The third-order valence-corrected chi connectivity index (χ3v) is 1.30. The molecule has 0 saturated carbocycles. The highest BCUT2D eigenvalue weighted by Gasteiger charge is 2.20. The molecule has 14 heavy (non-hydrogen) atoms.